The van der Waals surface area contributed by atoms with E-state index in [4.69, 9.17) is 0 Å². The Kier molecular flexibility index (Phi) is 11.9. The molecular formula is C67H33F6N7. The van der Waals surface area contributed by atoms with Gasteiger partial charge in [0.1, 0.15) is 6.07 Å². The maximum absolute atomic E-state index is 15.7. The molecule has 0 bridgehead atoms. The molecule has 0 N–H and O–H groups in total. The molecule has 13 heteroatoms. The molecule has 80 heavy (non-hydrogen) atoms. The Balaban J connectivity index is 1.21. The molecule has 0 amide bonds. The Labute approximate surface area is 452 Å². The molecular weight excluding hydrogens is 1020 g/mol. The fourth-order valence-electron chi connectivity index (χ4n) is 10.9. The lowest BCUT2D eigenvalue weighted by atomic mass is 9.90. The second kappa shape index (κ2) is 19.1. The Bertz CT molecular complexity index is 4570. The number of aromatic nitrogens is 2. The Morgan fingerprint density at radius 3 is 0.900 bits per heavy atom. The van der Waals surface area contributed by atoms with Gasteiger partial charge in [0.25, 0.3) is 0 Å². The summed E-state index contributed by atoms with van der Waals surface area (Å²) in [5.74, 6) is 0. The van der Waals surface area contributed by atoms with E-state index in [1.807, 2.05) is 48.5 Å². The van der Waals surface area contributed by atoms with Gasteiger partial charge in [0, 0.05) is 32.7 Å². The number of alkyl halides is 6. The van der Waals surface area contributed by atoms with Crippen LogP contribution in [0.1, 0.15) is 38.9 Å². The summed E-state index contributed by atoms with van der Waals surface area (Å²) in [5, 5.41) is 52.9. The highest BCUT2D eigenvalue weighted by Crippen LogP contribution is 2.50. The van der Waals surface area contributed by atoms with Gasteiger partial charge in [-0.05, 0) is 166 Å². The van der Waals surface area contributed by atoms with Crippen LogP contribution in [0, 0.1) is 56.7 Å². The standard InChI is InChI=1S/C67H33F6N7/c68-66(69,70)57-14-5-15-58(67(71,72)73)65(57)56-33-63(79-59-20-16-47(43-10-1-6-39(24-43)34-74)28-52(59)53-29-48(17-21-60(53)79)44-11-2-7-40(25-44)35-75)51(38-78)32-64(56)80-61-22-18-49(45-12-3-8-41(26-45)36-76)30-54(61)55-31-50(19-23-62(55)80)46-13-4-9-42(27-46)37-77/h1-33H. The van der Waals surface area contributed by atoms with E-state index in [2.05, 4.69) is 30.3 Å². The van der Waals surface area contributed by atoms with Crippen LogP contribution in [0.15, 0.2) is 200 Å². The van der Waals surface area contributed by atoms with E-state index in [9.17, 15) is 26.3 Å². The Hall–Kier alpha value is -11.2. The molecule has 0 spiro atoms. The molecule has 0 aliphatic rings. The zero-order valence-electron chi connectivity index (χ0n) is 41.5. The molecule has 12 aromatic rings. The molecule has 0 saturated heterocycles. The Morgan fingerprint density at radius 2 is 0.600 bits per heavy atom. The minimum atomic E-state index is -5.31. The van der Waals surface area contributed by atoms with Crippen LogP contribution in [0.2, 0.25) is 0 Å². The number of rotatable bonds is 7. The molecule has 10 aromatic carbocycles. The van der Waals surface area contributed by atoms with Gasteiger partial charge in [0.15, 0.2) is 0 Å². The maximum Gasteiger partial charge on any atom is 0.417 e. The quantitative estimate of drug-likeness (QED) is 0.147. The number of fused-ring (bicyclic) bond motifs is 6. The van der Waals surface area contributed by atoms with E-state index in [-0.39, 0.29) is 16.9 Å². The topological polar surface area (TPSA) is 129 Å². The molecule has 0 saturated carbocycles. The van der Waals surface area contributed by atoms with Crippen LogP contribution in [0.25, 0.3) is 111 Å². The lowest BCUT2D eigenvalue weighted by Crippen LogP contribution is -2.15. The van der Waals surface area contributed by atoms with E-state index in [1.54, 1.807) is 130 Å². The zero-order valence-corrected chi connectivity index (χ0v) is 41.5. The third-order valence-electron chi connectivity index (χ3n) is 14.5. The van der Waals surface area contributed by atoms with Crippen LogP contribution in [-0.4, -0.2) is 9.13 Å². The van der Waals surface area contributed by atoms with Crippen LogP contribution in [0.5, 0.6) is 0 Å². The van der Waals surface area contributed by atoms with Crippen molar-refractivity contribution in [3.63, 3.8) is 0 Å². The van der Waals surface area contributed by atoms with Crippen molar-refractivity contribution < 1.29 is 26.3 Å². The van der Waals surface area contributed by atoms with Crippen molar-refractivity contribution in [1.29, 1.82) is 26.3 Å². The van der Waals surface area contributed by atoms with E-state index >= 15 is 26.3 Å². The first-order valence-corrected chi connectivity index (χ1v) is 24.7. The summed E-state index contributed by atoms with van der Waals surface area (Å²) in [6.45, 7) is 0. The number of halogens is 6. The van der Waals surface area contributed by atoms with E-state index in [1.165, 1.54) is 12.1 Å². The third kappa shape index (κ3) is 8.48. The number of benzene rings is 10. The second-order valence-electron chi connectivity index (χ2n) is 19.1. The minimum absolute atomic E-state index is 0.0186. The van der Waals surface area contributed by atoms with Crippen molar-refractivity contribution in [2.24, 2.45) is 0 Å². The highest BCUT2D eigenvalue weighted by atomic mass is 19.4. The summed E-state index contributed by atoms with van der Waals surface area (Å²) >= 11 is 0. The predicted molar refractivity (Wildman–Crippen MR) is 296 cm³/mol. The van der Waals surface area contributed by atoms with Gasteiger partial charge in [-0.1, -0.05) is 78.9 Å². The van der Waals surface area contributed by atoms with E-state index in [0.29, 0.717) is 123 Å². The average Bonchev–Trinajstić information content (AvgIpc) is 4.09. The van der Waals surface area contributed by atoms with Crippen molar-refractivity contribution in [2.45, 2.75) is 12.4 Å². The fourth-order valence-corrected chi connectivity index (χ4v) is 10.9. The first-order chi connectivity index (χ1) is 38.7. The summed E-state index contributed by atoms with van der Waals surface area (Å²) in [6.07, 6.45) is -10.6. The van der Waals surface area contributed by atoms with Crippen molar-refractivity contribution >= 4 is 43.6 Å². The number of nitrogens with zero attached hydrogens (tertiary/aromatic N) is 7. The number of nitriles is 5. The first kappa shape index (κ1) is 49.7. The van der Waals surface area contributed by atoms with Gasteiger partial charge in [0.2, 0.25) is 0 Å². The minimum Gasteiger partial charge on any atom is -0.309 e. The molecule has 0 aliphatic heterocycles. The van der Waals surface area contributed by atoms with Crippen molar-refractivity contribution in [3.8, 4) is 97.4 Å². The van der Waals surface area contributed by atoms with Crippen molar-refractivity contribution in [2.75, 3.05) is 0 Å². The van der Waals surface area contributed by atoms with E-state index < -0.39 is 34.6 Å². The molecule has 0 aliphatic carbocycles. The summed E-state index contributed by atoms with van der Waals surface area (Å²) in [6, 6.07) is 64.7. The van der Waals surface area contributed by atoms with Crippen LogP contribution >= 0.6 is 0 Å². The fraction of sp³-hybridized carbons (Fsp3) is 0.0299. The molecule has 0 radical (unpaired) electrons. The van der Waals surface area contributed by atoms with Crippen molar-refractivity contribution in [1.82, 2.24) is 9.13 Å². The highest BCUT2D eigenvalue weighted by Gasteiger charge is 2.42. The van der Waals surface area contributed by atoms with E-state index in [0.717, 1.165) is 6.07 Å². The van der Waals surface area contributed by atoms with Gasteiger partial charge in [-0.15, -0.1) is 0 Å². The van der Waals surface area contributed by atoms with Gasteiger partial charge < -0.3 is 9.13 Å². The smallest absolute Gasteiger partial charge is 0.309 e. The predicted octanol–water partition coefficient (Wildman–Crippen LogP) is 17.6. The largest absolute Gasteiger partial charge is 0.417 e. The molecule has 2 aromatic heterocycles. The molecule has 378 valence electrons. The van der Waals surface area contributed by atoms with Crippen LogP contribution in [0.4, 0.5) is 26.3 Å². The summed E-state index contributed by atoms with van der Waals surface area (Å²) in [7, 11) is 0. The van der Waals surface area contributed by atoms with Gasteiger partial charge in [-0.2, -0.15) is 52.7 Å². The molecule has 0 atom stereocenters. The monoisotopic (exact) mass is 1050 g/mol. The molecule has 0 unspecified atom stereocenters. The van der Waals surface area contributed by atoms with Gasteiger partial charge in [-0.25, -0.2) is 0 Å². The lowest BCUT2D eigenvalue weighted by Gasteiger charge is -2.24. The highest BCUT2D eigenvalue weighted by molar-refractivity contribution is 6.14. The molecule has 2 heterocycles. The number of hydrogen-bond donors (Lipinski definition) is 0. The zero-order chi connectivity index (χ0) is 55.6. The average molecular weight is 1050 g/mol. The molecule has 7 nitrogen and oxygen atoms in total. The van der Waals surface area contributed by atoms with Crippen LogP contribution in [-0.2, 0) is 12.4 Å². The maximum atomic E-state index is 15.7. The normalized spacial score (nSPS) is 11.6. The number of hydrogen-bond acceptors (Lipinski definition) is 5. The van der Waals surface area contributed by atoms with Crippen LogP contribution in [0.3, 0.4) is 0 Å². The third-order valence-corrected chi connectivity index (χ3v) is 14.5. The van der Waals surface area contributed by atoms with Crippen molar-refractivity contribution in [3.05, 3.63) is 239 Å². The van der Waals surface area contributed by atoms with Gasteiger partial charge >= 0.3 is 12.4 Å². The molecule has 0 fully saturated rings. The second-order valence-corrected chi connectivity index (χ2v) is 19.1. The van der Waals surface area contributed by atoms with Gasteiger partial charge in [0.05, 0.1) is 96.7 Å². The summed E-state index contributed by atoms with van der Waals surface area (Å²) < 4.78 is 97.3. The van der Waals surface area contributed by atoms with Crippen LogP contribution < -0.4 is 0 Å². The van der Waals surface area contributed by atoms with Gasteiger partial charge in [-0.3, -0.25) is 0 Å². The summed E-state index contributed by atoms with van der Waals surface area (Å²) in [4.78, 5) is 0. The SMILES string of the molecule is N#Cc1cccc(-c2ccc3c(c2)c2cc(-c4cccc(C#N)c4)ccc2n3-c2cc(-c3c(C(F)(F)F)cccc3C(F)(F)F)c(-n3c4ccc(-c5cccc(C#N)c5)cc4c4cc(-c5cccc(C#N)c5)ccc43)cc2C#N)c1. The lowest BCUT2D eigenvalue weighted by molar-refractivity contribution is -0.142. The summed E-state index contributed by atoms with van der Waals surface area (Å²) in [5.41, 5.74) is 3.70. The Morgan fingerprint density at radius 1 is 0.300 bits per heavy atom. The first-order valence-electron chi connectivity index (χ1n) is 24.7. The molecule has 12 rings (SSSR count).